The van der Waals surface area contributed by atoms with Gasteiger partial charge in [0.25, 0.3) is 5.91 Å². The van der Waals surface area contributed by atoms with Crippen LogP contribution >= 0.6 is 0 Å². The van der Waals surface area contributed by atoms with Gasteiger partial charge in [-0.25, -0.2) is 13.2 Å². The molecule has 21 heavy (non-hydrogen) atoms. The first-order valence-corrected chi connectivity index (χ1v) is 5.93. The molecule has 2 aromatic carbocycles. The molecule has 2 rings (SSSR count). The zero-order chi connectivity index (χ0) is 15.4. The average Bonchev–Trinajstić information content (AvgIpc) is 2.50. The van der Waals surface area contributed by atoms with Crippen LogP contribution in [0.15, 0.2) is 42.5 Å². The normalized spacial score (nSPS) is 10.0. The molecule has 0 saturated carbocycles. The molecule has 0 bridgehead atoms. The average molecular weight is 290 g/mol. The van der Waals surface area contributed by atoms with Crippen molar-refractivity contribution >= 4 is 11.6 Å². The van der Waals surface area contributed by atoms with Gasteiger partial charge in [-0.05, 0) is 24.3 Å². The van der Waals surface area contributed by atoms with Crippen LogP contribution in [0.5, 0.6) is 0 Å². The fourth-order valence-corrected chi connectivity index (χ4v) is 1.79. The summed E-state index contributed by atoms with van der Waals surface area (Å²) in [6.07, 6.45) is 0. The number of carbonyl (C=O) groups excluding carboxylic acids is 1. The van der Waals surface area contributed by atoms with Crippen molar-refractivity contribution in [3.8, 4) is 6.07 Å². The maximum absolute atomic E-state index is 13.2. The summed E-state index contributed by atoms with van der Waals surface area (Å²) in [5.74, 6) is -5.34. The zero-order valence-electron chi connectivity index (χ0n) is 10.7. The number of hydrogen-bond acceptors (Lipinski definition) is 2. The van der Waals surface area contributed by atoms with E-state index >= 15 is 0 Å². The molecule has 2 aromatic rings. The third kappa shape index (κ3) is 3.03. The van der Waals surface area contributed by atoms with Crippen LogP contribution in [-0.2, 0) is 0 Å². The highest BCUT2D eigenvalue weighted by Crippen LogP contribution is 2.19. The Kier molecular flexibility index (Phi) is 4.24. The number of nitriles is 1. The molecule has 0 fully saturated rings. The number of rotatable bonds is 3. The van der Waals surface area contributed by atoms with Gasteiger partial charge in [0.2, 0.25) is 0 Å². The molecule has 106 valence electrons. The van der Waals surface area contributed by atoms with Crippen LogP contribution in [0, 0.1) is 28.8 Å². The van der Waals surface area contributed by atoms with E-state index in [1.807, 2.05) is 0 Å². The molecule has 3 nitrogen and oxygen atoms in total. The van der Waals surface area contributed by atoms with Crippen molar-refractivity contribution in [2.75, 3.05) is 11.4 Å². The smallest absolute Gasteiger partial charge is 0.259 e. The van der Waals surface area contributed by atoms with Crippen molar-refractivity contribution in [2.45, 2.75) is 0 Å². The van der Waals surface area contributed by atoms with Crippen LogP contribution in [0.2, 0.25) is 0 Å². The molecule has 0 N–H and O–H groups in total. The van der Waals surface area contributed by atoms with Crippen molar-refractivity contribution in [1.82, 2.24) is 0 Å². The Morgan fingerprint density at radius 3 is 2.19 bits per heavy atom. The van der Waals surface area contributed by atoms with E-state index in [1.165, 1.54) is 0 Å². The van der Waals surface area contributed by atoms with Gasteiger partial charge in [0.1, 0.15) is 6.54 Å². The lowest BCUT2D eigenvalue weighted by Crippen LogP contribution is -2.31. The van der Waals surface area contributed by atoms with E-state index < -0.39 is 23.4 Å². The third-order valence-electron chi connectivity index (χ3n) is 2.77. The third-order valence-corrected chi connectivity index (χ3v) is 2.77. The molecule has 0 saturated heterocycles. The molecule has 0 heterocycles. The summed E-state index contributed by atoms with van der Waals surface area (Å²) in [6.45, 7) is -0.302. The Bertz CT molecular complexity index is 688. The van der Waals surface area contributed by atoms with E-state index in [-0.39, 0.29) is 12.1 Å². The second-order valence-electron chi connectivity index (χ2n) is 4.14. The summed E-state index contributed by atoms with van der Waals surface area (Å²) in [4.78, 5) is 13.3. The fourth-order valence-electron chi connectivity index (χ4n) is 1.79. The van der Waals surface area contributed by atoms with Gasteiger partial charge in [0, 0.05) is 11.3 Å². The number of para-hydroxylation sites is 1. The lowest BCUT2D eigenvalue weighted by Gasteiger charge is -2.19. The van der Waals surface area contributed by atoms with Gasteiger partial charge >= 0.3 is 0 Å². The Labute approximate surface area is 118 Å². The van der Waals surface area contributed by atoms with Gasteiger partial charge in [-0.15, -0.1) is 0 Å². The molecule has 0 aromatic heterocycles. The maximum atomic E-state index is 13.2. The molecule has 0 aliphatic rings. The predicted octanol–water partition coefficient (Wildman–Crippen LogP) is 3.27. The van der Waals surface area contributed by atoms with E-state index in [1.54, 1.807) is 36.4 Å². The largest absolute Gasteiger partial charge is 0.295 e. The second kappa shape index (κ2) is 6.09. The van der Waals surface area contributed by atoms with Gasteiger partial charge in [0.15, 0.2) is 17.5 Å². The minimum absolute atomic E-state index is 0.302. The SMILES string of the molecule is N#CCN(C(=O)c1cc(F)c(F)c(F)c1)c1ccccc1. The summed E-state index contributed by atoms with van der Waals surface area (Å²) in [7, 11) is 0. The molecule has 6 heteroatoms. The van der Waals surface area contributed by atoms with E-state index in [0.29, 0.717) is 17.8 Å². The topological polar surface area (TPSA) is 44.1 Å². The lowest BCUT2D eigenvalue weighted by molar-refractivity contribution is 0.0989. The minimum Gasteiger partial charge on any atom is -0.295 e. The van der Waals surface area contributed by atoms with Gasteiger partial charge in [-0.1, -0.05) is 18.2 Å². The van der Waals surface area contributed by atoms with E-state index in [2.05, 4.69) is 0 Å². The molecule has 0 atom stereocenters. The summed E-state index contributed by atoms with van der Waals surface area (Å²) in [5, 5.41) is 8.80. The first-order valence-electron chi connectivity index (χ1n) is 5.93. The van der Waals surface area contributed by atoms with Crippen LogP contribution < -0.4 is 4.90 Å². The highest BCUT2D eigenvalue weighted by Gasteiger charge is 2.21. The van der Waals surface area contributed by atoms with Crippen LogP contribution in [0.25, 0.3) is 0 Å². The van der Waals surface area contributed by atoms with Gasteiger partial charge in [-0.3, -0.25) is 9.69 Å². The molecule has 1 amide bonds. The van der Waals surface area contributed by atoms with Crippen molar-refractivity contribution in [1.29, 1.82) is 5.26 Å². The second-order valence-corrected chi connectivity index (χ2v) is 4.14. The molecule has 0 aliphatic carbocycles. The van der Waals surface area contributed by atoms with E-state index in [0.717, 1.165) is 4.90 Å². The number of carbonyl (C=O) groups is 1. The van der Waals surface area contributed by atoms with Gasteiger partial charge in [-0.2, -0.15) is 5.26 Å². The summed E-state index contributed by atoms with van der Waals surface area (Å²) in [6, 6.07) is 11.2. The van der Waals surface area contributed by atoms with Crippen LogP contribution in [0.4, 0.5) is 18.9 Å². The first-order chi connectivity index (χ1) is 10.0. The predicted molar refractivity (Wildman–Crippen MR) is 70.0 cm³/mol. The Hall–Kier alpha value is -2.81. The van der Waals surface area contributed by atoms with Crippen molar-refractivity contribution < 1.29 is 18.0 Å². The Balaban J connectivity index is 2.43. The maximum Gasteiger partial charge on any atom is 0.259 e. The van der Waals surface area contributed by atoms with Crippen LogP contribution in [0.1, 0.15) is 10.4 Å². The Morgan fingerprint density at radius 1 is 1.10 bits per heavy atom. The molecular formula is C15H9F3N2O. The number of benzene rings is 2. The Morgan fingerprint density at radius 2 is 1.67 bits per heavy atom. The van der Waals surface area contributed by atoms with Crippen molar-refractivity contribution in [3.05, 3.63) is 65.5 Å². The zero-order valence-corrected chi connectivity index (χ0v) is 10.7. The van der Waals surface area contributed by atoms with E-state index in [9.17, 15) is 18.0 Å². The molecule has 0 aliphatic heterocycles. The monoisotopic (exact) mass is 290 g/mol. The van der Waals surface area contributed by atoms with Crippen molar-refractivity contribution in [3.63, 3.8) is 0 Å². The highest BCUT2D eigenvalue weighted by molar-refractivity contribution is 6.06. The van der Waals surface area contributed by atoms with Crippen molar-refractivity contribution in [2.24, 2.45) is 0 Å². The first kappa shape index (κ1) is 14.6. The molecule has 0 radical (unpaired) electrons. The minimum atomic E-state index is -1.64. The lowest BCUT2D eigenvalue weighted by atomic mass is 10.1. The fraction of sp³-hybridized carbons (Fsp3) is 0.0667. The number of anilines is 1. The summed E-state index contributed by atoms with van der Waals surface area (Å²) < 4.78 is 39.3. The van der Waals surface area contributed by atoms with Crippen LogP contribution in [-0.4, -0.2) is 12.5 Å². The number of amides is 1. The molecule has 0 unspecified atom stereocenters. The standard InChI is InChI=1S/C15H9F3N2O/c16-12-8-10(9-13(17)14(12)18)15(21)20(7-6-19)11-4-2-1-3-5-11/h1-5,8-9H,7H2. The number of nitrogens with zero attached hydrogens (tertiary/aromatic N) is 2. The number of hydrogen-bond donors (Lipinski definition) is 0. The summed E-state index contributed by atoms with van der Waals surface area (Å²) >= 11 is 0. The summed E-state index contributed by atoms with van der Waals surface area (Å²) in [5.41, 5.74) is 0.0275. The highest BCUT2D eigenvalue weighted by atomic mass is 19.2. The number of halogens is 3. The van der Waals surface area contributed by atoms with Gasteiger partial charge < -0.3 is 0 Å². The van der Waals surface area contributed by atoms with Gasteiger partial charge in [0.05, 0.1) is 6.07 Å². The molecular weight excluding hydrogens is 281 g/mol. The quantitative estimate of drug-likeness (QED) is 0.643. The van der Waals surface area contributed by atoms with Crippen LogP contribution in [0.3, 0.4) is 0 Å². The molecule has 0 spiro atoms. The van der Waals surface area contributed by atoms with E-state index in [4.69, 9.17) is 5.26 Å².